The van der Waals surface area contributed by atoms with Crippen molar-refractivity contribution < 1.29 is 4.74 Å². The average Bonchev–Trinajstić information content (AvgIpc) is 2.36. The van der Waals surface area contributed by atoms with Crippen LogP contribution in [0.1, 0.15) is 46.5 Å². The van der Waals surface area contributed by atoms with E-state index >= 15 is 0 Å². The Balaban J connectivity index is 2.54. The lowest BCUT2D eigenvalue weighted by Gasteiger charge is -2.43. The molecule has 0 aromatic rings. The molecule has 0 aromatic carbocycles. The molecule has 0 saturated heterocycles. The van der Waals surface area contributed by atoms with Crippen molar-refractivity contribution in [1.82, 2.24) is 5.32 Å². The number of rotatable bonds is 6. The number of ether oxygens (including phenoxy) is 1. The molecule has 1 saturated carbocycles. The number of hydrogen-bond acceptors (Lipinski definition) is 3. The zero-order valence-corrected chi connectivity index (χ0v) is 12.0. The number of nitrogens with one attached hydrogen (secondary N) is 1. The van der Waals surface area contributed by atoms with E-state index in [0.717, 1.165) is 24.9 Å². The molecular weight excluding hydrogens is 212 g/mol. The Hall–Kier alpha value is -0.120. The fourth-order valence-electron chi connectivity index (χ4n) is 2.84. The minimum atomic E-state index is 0.153. The van der Waals surface area contributed by atoms with Gasteiger partial charge < -0.3 is 15.8 Å². The molecule has 17 heavy (non-hydrogen) atoms. The molecule has 3 N–H and O–H groups in total. The van der Waals surface area contributed by atoms with E-state index in [2.05, 4.69) is 26.1 Å². The molecule has 0 bridgehead atoms. The third-order valence-corrected chi connectivity index (χ3v) is 4.38. The first kappa shape index (κ1) is 14.9. The third-order valence-electron chi connectivity index (χ3n) is 4.38. The highest BCUT2D eigenvalue weighted by Gasteiger charge is 2.35. The van der Waals surface area contributed by atoms with Gasteiger partial charge in [0.25, 0.3) is 0 Å². The van der Waals surface area contributed by atoms with Crippen LogP contribution in [0.15, 0.2) is 0 Å². The molecule has 3 nitrogen and oxygen atoms in total. The molecule has 0 aliphatic heterocycles. The molecule has 3 atom stereocenters. The van der Waals surface area contributed by atoms with Crippen LogP contribution in [0.4, 0.5) is 0 Å². The largest absolute Gasteiger partial charge is 0.380 e. The lowest BCUT2D eigenvalue weighted by Crippen LogP contribution is -2.56. The highest BCUT2D eigenvalue weighted by molar-refractivity contribution is 4.95. The Labute approximate surface area is 106 Å². The summed E-state index contributed by atoms with van der Waals surface area (Å²) in [6, 6.07) is 0. The SMILES string of the molecule is COC(C)CNC1(CN)CCCC(C(C)C)C1. The van der Waals surface area contributed by atoms with Crippen LogP contribution in [0, 0.1) is 11.8 Å². The summed E-state index contributed by atoms with van der Waals surface area (Å²) in [5.74, 6) is 1.58. The van der Waals surface area contributed by atoms with Gasteiger partial charge in [-0.2, -0.15) is 0 Å². The van der Waals surface area contributed by atoms with E-state index in [9.17, 15) is 0 Å². The van der Waals surface area contributed by atoms with Gasteiger partial charge in [0.2, 0.25) is 0 Å². The van der Waals surface area contributed by atoms with E-state index in [-0.39, 0.29) is 11.6 Å². The van der Waals surface area contributed by atoms with Gasteiger partial charge in [0.05, 0.1) is 6.10 Å². The quantitative estimate of drug-likeness (QED) is 0.750. The summed E-state index contributed by atoms with van der Waals surface area (Å²) in [5, 5.41) is 3.67. The van der Waals surface area contributed by atoms with Crippen molar-refractivity contribution in [1.29, 1.82) is 0 Å². The summed E-state index contributed by atoms with van der Waals surface area (Å²) in [6.45, 7) is 8.40. The van der Waals surface area contributed by atoms with Crippen molar-refractivity contribution in [2.45, 2.75) is 58.1 Å². The Morgan fingerprint density at radius 3 is 2.65 bits per heavy atom. The van der Waals surface area contributed by atoms with E-state index in [4.69, 9.17) is 10.5 Å². The number of methoxy groups -OCH3 is 1. The van der Waals surface area contributed by atoms with Crippen molar-refractivity contribution in [2.24, 2.45) is 17.6 Å². The van der Waals surface area contributed by atoms with Crippen molar-refractivity contribution in [3.05, 3.63) is 0 Å². The fraction of sp³-hybridized carbons (Fsp3) is 1.00. The molecule has 0 radical (unpaired) electrons. The first-order valence-corrected chi connectivity index (χ1v) is 7.01. The van der Waals surface area contributed by atoms with Gasteiger partial charge in [0.15, 0.2) is 0 Å². The highest BCUT2D eigenvalue weighted by atomic mass is 16.5. The maximum atomic E-state index is 6.02. The Morgan fingerprint density at radius 1 is 1.41 bits per heavy atom. The standard InChI is InChI=1S/C14H30N2O/c1-11(2)13-6-5-7-14(8-13,10-15)16-9-12(3)17-4/h11-13,16H,5-10,15H2,1-4H3. The van der Waals surface area contributed by atoms with E-state index in [1.54, 1.807) is 7.11 Å². The predicted molar refractivity (Wildman–Crippen MR) is 73.1 cm³/mol. The Bertz CT molecular complexity index is 220. The summed E-state index contributed by atoms with van der Waals surface area (Å²) < 4.78 is 5.30. The zero-order chi connectivity index (χ0) is 12.9. The molecule has 0 spiro atoms. The molecule has 0 amide bonds. The van der Waals surface area contributed by atoms with Gasteiger partial charge in [0.1, 0.15) is 0 Å². The van der Waals surface area contributed by atoms with Crippen LogP contribution in [0.5, 0.6) is 0 Å². The first-order chi connectivity index (χ1) is 8.03. The van der Waals surface area contributed by atoms with Gasteiger partial charge in [0, 0.05) is 25.7 Å². The van der Waals surface area contributed by atoms with Crippen LogP contribution >= 0.6 is 0 Å². The topological polar surface area (TPSA) is 47.3 Å². The van der Waals surface area contributed by atoms with Gasteiger partial charge in [-0.1, -0.05) is 26.7 Å². The second-order valence-corrected chi connectivity index (χ2v) is 6.01. The monoisotopic (exact) mass is 242 g/mol. The molecule has 1 aliphatic carbocycles. The maximum Gasteiger partial charge on any atom is 0.0667 e. The Morgan fingerprint density at radius 2 is 2.12 bits per heavy atom. The second-order valence-electron chi connectivity index (χ2n) is 6.01. The lowest BCUT2D eigenvalue weighted by atomic mass is 9.71. The van der Waals surface area contributed by atoms with Crippen molar-refractivity contribution >= 4 is 0 Å². The van der Waals surface area contributed by atoms with Gasteiger partial charge in [-0.3, -0.25) is 0 Å². The van der Waals surface area contributed by atoms with Crippen molar-refractivity contribution in [3.63, 3.8) is 0 Å². The average molecular weight is 242 g/mol. The van der Waals surface area contributed by atoms with Crippen LogP contribution < -0.4 is 11.1 Å². The van der Waals surface area contributed by atoms with E-state index in [0.29, 0.717) is 0 Å². The number of hydrogen-bond donors (Lipinski definition) is 2. The number of nitrogens with two attached hydrogens (primary N) is 1. The normalized spacial score (nSPS) is 31.8. The molecule has 1 fully saturated rings. The van der Waals surface area contributed by atoms with E-state index < -0.39 is 0 Å². The van der Waals surface area contributed by atoms with Crippen LogP contribution in [-0.4, -0.2) is 31.8 Å². The fourth-order valence-corrected chi connectivity index (χ4v) is 2.84. The molecule has 0 heterocycles. The first-order valence-electron chi connectivity index (χ1n) is 7.01. The van der Waals surface area contributed by atoms with Crippen molar-refractivity contribution in [3.8, 4) is 0 Å². The molecule has 102 valence electrons. The predicted octanol–water partition coefficient (Wildman–Crippen LogP) is 2.15. The third kappa shape index (κ3) is 4.23. The molecule has 1 aliphatic rings. The van der Waals surface area contributed by atoms with E-state index in [1.807, 2.05) is 0 Å². The molecule has 0 aromatic heterocycles. The van der Waals surface area contributed by atoms with Crippen LogP contribution in [0.25, 0.3) is 0 Å². The zero-order valence-electron chi connectivity index (χ0n) is 12.0. The highest BCUT2D eigenvalue weighted by Crippen LogP contribution is 2.35. The maximum absolute atomic E-state index is 6.02. The second kappa shape index (κ2) is 6.72. The molecule has 3 unspecified atom stereocenters. The molecule has 1 rings (SSSR count). The molecular formula is C14H30N2O. The van der Waals surface area contributed by atoms with Crippen LogP contribution in [-0.2, 0) is 4.74 Å². The Kier molecular flexibility index (Phi) is 5.90. The lowest BCUT2D eigenvalue weighted by molar-refractivity contribution is 0.0897. The summed E-state index contributed by atoms with van der Waals surface area (Å²) in [7, 11) is 1.76. The summed E-state index contributed by atoms with van der Waals surface area (Å²) in [6.07, 6.45) is 5.36. The minimum absolute atomic E-state index is 0.153. The van der Waals surface area contributed by atoms with Crippen molar-refractivity contribution in [2.75, 3.05) is 20.2 Å². The van der Waals surface area contributed by atoms with Gasteiger partial charge in [-0.15, -0.1) is 0 Å². The smallest absolute Gasteiger partial charge is 0.0667 e. The summed E-state index contributed by atoms with van der Waals surface area (Å²) in [5.41, 5.74) is 6.18. The van der Waals surface area contributed by atoms with Crippen LogP contribution in [0.3, 0.4) is 0 Å². The molecule has 3 heteroatoms. The minimum Gasteiger partial charge on any atom is -0.380 e. The van der Waals surface area contributed by atoms with Gasteiger partial charge in [-0.25, -0.2) is 0 Å². The van der Waals surface area contributed by atoms with Gasteiger partial charge in [-0.05, 0) is 31.6 Å². The van der Waals surface area contributed by atoms with Gasteiger partial charge >= 0.3 is 0 Å². The summed E-state index contributed by atoms with van der Waals surface area (Å²) >= 11 is 0. The van der Waals surface area contributed by atoms with Crippen LogP contribution in [0.2, 0.25) is 0 Å². The van der Waals surface area contributed by atoms with E-state index in [1.165, 1.54) is 25.7 Å². The summed E-state index contributed by atoms with van der Waals surface area (Å²) in [4.78, 5) is 0.